The van der Waals surface area contributed by atoms with Crippen LogP contribution in [0.25, 0.3) is 22.3 Å². The van der Waals surface area contributed by atoms with Crippen molar-refractivity contribution in [2.75, 3.05) is 0 Å². The zero-order chi connectivity index (χ0) is 20.5. The largest absolute Gasteiger partial charge is 0.508 e. The first-order valence-corrected chi connectivity index (χ1v) is 9.31. The van der Waals surface area contributed by atoms with Gasteiger partial charge in [0, 0.05) is 16.5 Å². The minimum atomic E-state index is -1.88. The Balaban J connectivity index is 1.84. The topological polar surface area (TPSA) is 122 Å². The number of aliphatic hydroxyl groups is 2. The van der Waals surface area contributed by atoms with Crippen LogP contribution >= 0.6 is 0 Å². The summed E-state index contributed by atoms with van der Waals surface area (Å²) >= 11 is 0. The number of carbonyl (C=O) groups is 1. The van der Waals surface area contributed by atoms with Gasteiger partial charge in [-0.15, -0.1) is 0 Å². The van der Waals surface area contributed by atoms with E-state index in [1.807, 2.05) is 0 Å². The van der Waals surface area contributed by atoms with E-state index < -0.39 is 11.6 Å². The van der Waals surface area contributed by atoms with Gasteiger partial charge in [0.15, 0.2) is 5.60 Å². The molecule has 2 aliphatic heterocycles. The van der Waals surface area contributed by atoms with E-state index >= 15 is 0 Å². The molecule has 0 amide bonds. The van der Waals surface area contributed by atoms with Crippen LogP contribution in [-0.2, 0) is 34.9 Å². The minimum Gasteiger partial charge on any atom is -0.508 e. The number of hydrogen-bond acceptors (Lipinski definition) is 7. The lowest BCUT2D eigenvalue weighted by atomic mass is 9.86. The zero-order valence-corrected chi connectivity index (χ0v) is 15.6. The second-order valence-electron chi connectivity index (χ2n) is 7.38. The Bertz CT molecular complexity index is 1280. The number of hydrogen-bond donors (Lipinski definition) is 3. The summed E-state index contributed by atoms with van der Waals surface area (Å²) in [6, 6.07) is 6.31. The second kappa shape index (κ2) is 5.88. The molecule has 3 N–H and O–H groups in total. The predicted octanol–water partition coefficient (Wildman–Crippen LogP) is 1.28. The fourth-order valence-corrected chi connectivity index (χ4v) is 4.33. The molecule has 148 valence electrons. The van der Waals surface area contributed by atoms with Crippen LogP contribution in [0.2, 0.25) is 0 Å². The molecule has 0 unspecified atom stereocenters. The summed E-state index contributed by atoms with van der Waals surface area (Å²) < 4.78 is 6.58. The summed E-state index contributed by atoms with van der Waals surface area (Å²) in [7, 11) is 0. The maximum Gasteiger partial charge on any atom is 0.343 e. The number of carbonyl (C=O) groups excluding carboxylic acids is 1. The number of pyridine rings is 2. The van der Waals surface area contributed by atoms with E-state index in [0.717, 1.165) is 0 Å². The highest BCUT2D eigenvalue weighted by molar-refractivity contribution is 5.89. The number of aromatic nitrogens is 2. The van der Waals surface area contributed by atoms with E-state index in [-0.39, 0.29) is 48.6 Å². The summed E-state index contributed by atoms with van der Waals surface area (Å²) in [5.41, 5.74) is 1.08. The molecule has 29 heavy (non-hydrogen) atoms. The molecule has 1 atom stereocenters. The second-order valence-corrected chi connectivity index (χ2v) is 7.38. The lowest BCUT2D eigenvalue weighted by molar-refractivity contribution is -0.172. The summed E-state index contributed by atoms with van der Waals surface area (Å²) in [4.78, 5) is 30.0. The Hall–Kier alpha value is -3.23. The molecule has 2 aliphatic rings. The average molecular weight is 394 g/mol. The Morgan fingerprint density at radius 3 is 2.76 bits per heavy atom. The molecule has 0 spiro atoms. The Morgan fingerprint density at radius 2 is 2.03 bits per heavy atom. The molecule has 3 aromatic rings. The van der Waals surface area contributed by atoms with Gasteiger partial charge < -0.3 is 24.6 Å². The van der Waals surface area contributed by atoms with Gasteiger partial charge in [-0.3, -0.25) is 4.79 Å². The van der Waals surface area contributed by atoms with Crippen LogP contribution in [0.3, 0.4) is 0 Å². The molecule has 0 saturated carbocycles. The lowest BCUT2D eigenvalue weighted by Gasteiger charge is -2.31. The normalized spacial score (nSPS) is 19.6. The highest BCUT2D eigenvalue weighted by Gasteiger charge is 2.45. The van der Waals surface area contributed by atoms with Crippen molar-refractivity contribution >= 4 is 16.9 Å². The summed E-state index contributed by atoms with van der Waals surface area (Å²) in [5.74, 6) is -0.714. The number of phenols is 1. The number of rotatable bonds is 2. The molecule has 0 bridgehead atoms. The summed E-state index contributed by atoms with van der Waals surface area (Å²) in [6.07, 6.45) is 0.0703. The maximum absolute atomic E-state index is 13.2. The van der Waals surface area contributed by atoms with Crippen LogP contribution in [-0.4, -0.2) is 30.8 Å². The molecule has 0 saturated heterocycles. The van der Waals surface area contributed by atoms with Gasteiger partial charge >= 0.3 is 5.97 Å². The molecule has 1 aromatic carbocycles. The standard InChI is InChI=1S/C21H18N2O6/c1-2-21(28)15-6-17-18-12(7-23(17)19(26)14(15)9-29-20(21)27)13(8-24)11-5-10(25)3-4-16(11)22-18/h3-6,24-25,28H,2,7-9H2,1H3/t21-/m0/s1. The van der Waals surface area contributed by atoms with Crippen molar-refractivity contribution in [2.24, 2.45) is 0 Å². The smallest absolute Gasteiger partial charge is 0.343 e. The molecular formula is C21H18N2O6. The number of phenolic OH excluding ortho intramolecular Hbond substituents is 1. The number of cyclic esters (lactones) is 1. The van der Waals surface area contributed by atoms with Gasteiger partial charge in [-0.1, -0.05) is 6.92 Å². The predicted molar refractivity (Wildman–Crippen MR) is 102 cm³/mol. The molecule has 8 heteroatoms. The first-order valence-electron chi connectivity index (χ1n) is 9.31. The van der Waals surface area contributed by atoms with Crippen LogP contribution < -0.4 is 5.56 Å². The van der Waals surface area contributed by atoms with Crippen LogP contribution in [0.4, 0.5) is 0 Å². The molecular weight excluding hydrogens is 376 g/mol. The van der Waals surface area contributed by atoms with Gasteiger partial charge in [0.25, 0.3) is 5.56 Å². The van der Waals surface area contributed by atoms with Gasteiger partial charge in [-0.25, -0.2) is 9.78 Å². The van der Waals surface area contributed by atoms with E-state index in [2.05, 4.69) is 4.98 Å². The van der Waals surface area contributed by atoms with Gasteiger partial charge in [0.05, 0.1) is 35.6 Å². The van der Waals surface area contributed by atoms with E-state index in [1.165, 1.54) is 16.7 Å². The van der Waals surface area contributed by atoms with Crippen molar-refractivity contribution in [3.05, 3.63) is 56.9 Å². The number of aromatic hydroxyl groups is 1. The molecule has 0 radical (unpaired) electrons. The van der Waals surface area contributed by atoms with Crippen molar-refractivity contribution in [3.8, 4) is 17.1 Å². The van der Waals surface area contributed by atoms with Crippen molar-refractivity contribution < 1.29 is 24.9 Å². The third-order valence-corrected chi connectivity index (χ3v) is 5.95. The quantitative estimate of drug-likeness (QED) is 0.438. The highest BCUT2D eigenvalue weighted by atomic mass is 16.6. The molecule has 0 aliphatic carbocycles. The number of esters is 1. The Morgan fingerprint density at radius 1 is 1.24 bits per heavy atom. The SMILES string of the molecule is CC[C@@]1(O)C(=O)OCc2c1cc1n(c2=O)Cc2c-1nc1ccc(O)cc1c2CO. The Labute approximate surface area is 164 Å². The molecule has 8 nitrogen and oxygen atoms in total. The van der Waals surface area contributed by atoms with Gasteiger partial charge in [-0.2, -0.15) is 0 Å². The van der Waals surface area contributed by atoms with Crippen LogP contribution in [0.5, 0.6) is 5.75 Å². The summed E-state index contributed by atoms with van der Waals surface area (Å²) in [6.45, 7) is 1.37. The first-order chi connectivity index (χ1) is 13.9. The zero-order valence-electron chi connectivity index (χ0n) is 15.6. The van der Waals surface area contributed by atoms with Gasteiger partial charge in [-0.05, 0) is 36.2 Å². The van der Waals surface area contributed by atoms with E-state index in [9.17, 15) is 24.9 Å². The monoisotopic (exact) mass is 394 g/mol. The first kappa shape index (κ1) is 17.8. The maximum atomic E-state index is 13.2. The van der Waals surface area contributed by atoms with Gasteiger partial charge in [0.1, 0.15) is 12.4 Å². The fourth-order valence-electron chi connectivity index (χ4n) is 4.33. The van der Waals surface area contributed by atoms with E-state index in [1.54, 1.807) is 19.1 Å². The third-order valence-electron chi connectivity index (χ3n) is 5.95. The summed E-state index contributed by atoms with van der Waals surface area (Å²) in [5, 5.41) is 31.3. The third kappa shape index (κ3) is 2.24. The van der Waals surface area contributed by atoms with Crippen LogP contribution in [0, 0.1) is 0 Å². The van der Waals surface area contributed by atoms with E-state index in [4.69, 9.17) is 4.74 Å². The fraction of sp³-hybridized carbons (Fsp3) is 0.286. The van der Waals surface area contributed by atoms with Crippen LogP contribution in [0.15, 0.2) is 29.1 Å². The Kier molecular flexibility index (Phi) is 3.62. The van der Waals surface area contributed by atoms with E-state index in [0.29, 0.717) is 33.4 Å². The molecule has 2 aromatic heterocycles. The average Bonchev–Trinajstić information content (AvgIpc) is 3.08. The molecule has 0 fully saturated rings. The van der Waals surface area contributed by atoms with Crippen molar-refractivity contribution in [3.63, 3.8) is 0 Å². The highest BCUT2D eigenvalue weighted by Crippen LogP contribution is 2.40. The van der Waals surface area contributed by atoms with Crippen molar-refractivity contribution in [1.29, 1.82) is 0 Å². The number of aliphatic hydroxyl groups excluding tert-OH is 1. The molecule has 5 rings (SSSR count). The number of ether oxygens (including phenoxy) is 1. The number of fused-ring (bicyclic) bond motifs is 5. The number of benzene rings is 1. The molecule has 4 heterocycles. The van der Waals surface area contributed by atoms with Crippen molar-refractivity contribution in [2.45, 2.75) is 38.7 Å². The lowest BCUT2D eigenvalue weighted by Crippen LogP contribution is -2.44. The number of nitrogens with zero attached hydrogens (tertiary/aromatic N) is 2. The minimum absolute atomic E-state index is 0.0563. The van der Waals surface area contributed by atoms with Crippen LogP contribution in [0.1, 0.15) is 35.6 Å². The van der Waals surface area contributed by atoms with Gasteiger partial charge in [0.2, 0.25) is 0 Å². The van der Waals surface area contributed by atoms with Crippen molar-refractivity contribution in [1.82, 2.24) is 9.55 Å².